The van der Waals surface area contributed by atoms with Crippen molar-refractivity contribution >= 4 is 17.5 Å². The van der Waals surface area contributed by atoms with Crippen molar-refractivity contribution < 1.29 is 19.2 Å². The molecule has 8 heteroatoms. The zero-order valence-electron chi connectivity index (χ0n) is 13.5. The first kappa shape index (κ1) is 18.4. The first-order chi connectivity index (χ1) is 10.9. The van der Waals surface area contributed by atoms with Gasteiger partial charge < -0.3 is 15.0 Å². The zero-order valence-corrected chi connectivity index (χ0v) is 13.5. The van der Waals surface area contributed by atoms with Gasteiger partial charge in [0.25, 0.3) is 5.91 Å². The molecule has 0 saturated heterocycles. The number of carbonyl (C=O) groups is 2. The summed E-state index contributed by atoms with van der Waals surface area (Å²) in [6.45, 7) is 6.21. The summed E-state index contributed by atoms with van der Waals surface area (Å²) in [6, 6.07) is 4.03. The van der Waals surface area contributed by atoms with Crippen LogP contribution in [0.5, 0.6) is 5.75 Å². The highest BCUT2D eigenvalue weighted by Crippen LogP contribution is 2.28. The van der Waals surface area contributed by atoms with Crippen LogP contribution in [-0.2, 0) is 4.79 Å². The van der Waals surface area contributed by atoms with Gasteiger partial charge in [0.2, 0.25) is 5.91 Å². The number of likely N-dealkylation sites (N-methyl/N-ethyl adjacent to an activating group) is 2. The lowest BCUT2D eigenvalue weighted by Crippen LogP contribution is -2.40. The van der Waals surface area contributed by atoms with Crippen LogP contribution in [-0.4, -0.2) is 47.9 Å². The molecule has 1 aromatic rings. The number of carbonyl (C=O) groups excluding carboxylic acids is 2. The van der Waals surface area contributed by atoms with Crippen LogP contribution >= 0.6 is 0 Å². The van der Waals surface area contributed by atoms with Gasteiger partial charge in [-0.25, -0.2) is 0 Å². The minimum atomic E-state index is -0.595. The molecule has 0 atom stereocenters. The van der Waals surface area contributed by atoms with Crippen molar-refractivity contribution in [1.29, 1.82) is 0 Å². The molecule has 126 valence electrons. The lowest BCUT2D eigenvalue weighted by molar-refractivity contribution is -0.385. The van der Waals surface area contributed by atoms with Gasteiger partial charge in [-0.3, -0.25) is 19.7 Å². The normalized spacial score (nSPS) is 10.0. The second kappa shape index (κ2) is 8.72. The van der Waals surface area contributed by atoms with Crippen molar-refractivity contribution in [2.75, 3.05) is 26.2 Å². The van der Waals surface area contributed by atoms with Crippen LogP contribution < -0.4 is 10.1 Å². The van der Waals surface area contributed by atoms with Crippen molar-refractivity contribution in [2.45, 2.75) is 20.8 Å². The summed E-state index contributed by atoms with van der Waals surface area (Å²) in [5, 5.41) is 13.7. The molecule has 8 nitrogen and oxygen atoms in total. The number of nitro benzene ring substituents is 1. The standard InChI is InChI=1S/C15H21N3O5/c1-4-16-14(19)10-17(5-2)15(20)11-7-8-13(23-6-3)12(9-11)18(21)22/h7-9H,4-6,10H2,1-3H3,(H,16,19). The molecular formula is C15H21N3O5. The van der Waals surface area contributed by atoms with E-state index in [0.717, 1.165) is 0 Å². The molecule has 0 spiro atoms. The maximum Gasteiger partial charge on any atom is 0.311 e. The van der Waals surface area contributed by atoms with Crippen molar-refractivity contribution in [3.63, 3.8) is 0 Å². The number of amides is 2. The maximum atomic E-state index is 12.4. The molecule has 23 heavy (non-hydrogen) atoms. The molecule has 1 aromatic carbocycles. The van der Waals surface area contributed by atoms with Crippen molar-refractivity contribution in [2.24, 2.45) is 0 Å². The van der Waals surface area contributed by atoms with Crippen LogP contribution in [0.2, 0.25) is 0 Å². The number of benzene rings is 1. The third-order valence-electron chi connectivity index (χ3n) is 3.08. The first-order valence-electron chi connectivity index (χ1n) is 7.41. The van der Waals surface area contributed by atoms with E-state index in [9.17, 15) is 19.7 Å². The van der Waals surface area contributed by atoms with Gasteiger partial charge in [0.15, 0.2) is 5.75 Å². The SMILES string of the molecule is CCNC(=O)CN(CC)C(=O)c1ccc(OCC)c([N+](=O)[O-])c1. The fourth-order valence-corrected chi connectivity index (χ4v) is 2.01. The Labute approximate surface area is 134 Å². The minimum absolute atomic E-state index is 0.0931. The van der Waals surface area contributed by atoms with Crippen LogP contribution in [0.4, 0.5) is 5.69 Å². The molecule has 0 radical (unpaired) electrons. The molecular weight excluding hydrogens is 302 g/mol. The van der Waals surface area contributed by atoms with Crippen LogP contribution in [0.25, 0.3) is 0 Å². The largest absolute Gasteiger partial charge is 0.487 e. The van der Waals surface area contributed by atoms with E-state index in [1.54, 1.807) is 20.8 Å². The lowest BCUT2D eigenvalue weighted by atomic mass is 10.1. The van der Waals surface area contributed by atoms with Crippen LogP contribution in [0, 0.1) is 10.1 Å². The molecule has 1 N–H and O–H groups in total. The van der Waals surface area contributed by atoms with Gasteiger partial charge in [-0.05, 0) is 32.9 Å². The summed E-state index contributed by atoms with van der Waals surface area (Å²) in [7, 11) is 0. The van der Waals surface area contributed by atoms with Crippen molar-refractivity contribution in [3.8, 4) is 5.75 Å². The smallest absolute Gasteiger partial charge is 0.311 e. The second-order valence-corrected chi connectivity index (χ2v) is 4.65. The van der Waals surface area contributed by atoms with Gasteiger partial charge in [-0.15, -0.1) is 0 Å². The Morgan fingerprint density at radius 2 is 2.00 bits per heavy atom. The Kier molecular flexibility index (Phi) is 6.98. The summed E-state index contributed by atoms with van der Waals surface area (Å²) in [6.07, 6.45) is 0. The van der Waals surface area contributed by atoms with Gasteiger partial charge >= 0.3 is 5.69 Å². The van der Waals surface area contributed by atoms with E-state index in [0.29, 0.717) is 13.1 Å². The van der Waals surface area contributed by atoms with Crippen LogP contribution in [0.15, 0.2) is 18.2 Å². The molecule has 0 unspecified atom stereocenters. The summed E-state index contributed by atoms with van der Waals surface area (Å²) in [4.78, 5) is 35.9. The third-order valence-corrected chi connectivity index (χ3v) is 3.08. The zero-order chi connectivity index (χ0) is 17.4. The van der Waals surface area contributed by atoms with Crippen LogP contribution in [0.1, 0.15) is 31.1 Å². The molecule has 0 aliphatic carbocycles. The van der Waals surface area contributed by atoms with E-state index >= 15 is 0 Å². The molecule has 2 amide bonds. The summed E-state index contributed by atoms with van der Waals surface area (Å²) in [5.41, 5.74) is -0.127. The average Bonchev–Trinajstić information content (AvgIpc) is 2.52. The number of nitrogens with zero attached hydrogens (tertiary/aromatic N) is 2. The molecule has 0 aliphatic heterocycles. The van der Waals surface area contributed by atoms with Gasteiger partial charge in [-0.2, -0.15) is 0 Å². The monoisotopic (exact) mass is 323 g/mol. The Hall–Kier alpha value is -2.64. The Balaban J connectivity index is 3.03. The highest BCUT2D eigenvalue weighted by molar-refractivity contribution is 5.97. The Morgan fingerprint density at radius 3 is 2.52 bits per heavy atom. The fraction of sp³-hybridized carbons (Fsp3) is 0.467. The number of nitro groups is 1. The van der Waals surface area contributed by atoms with E-state index in [2.05, 4.69) is 5.32 Å². The summed E-state index contributed by atoms with van der Waals surface area (Å²) >= 11 is 0. The number of hydrogen-bond acceptors (Lipinski definition) is 5. The average molecular weight is 323 g/mol. The van der Waals surface area contributed by atoms with Gasteiger partial charge in [-0.1, -0.05) is 0 Å². The topological polar surface area (TPSA) is 102 Å². The van der Waals surface area contributed by atoms with E-state index in [1.807, 2.05) is 0 Å². The Bertz CT molecular complexity index is 588. The highest BCUT2D eigenvalue weighted by Gasteiger charge is 2.22. The summed E-state index contributed by atoms with van der Waals surface area (Å²) in [5.74, 6) is -0.603. The third kappa shape index (κ3) is 4.94. The van der Waals surface area contributed by atoms with Gasteiger partial charge in [0, 0.05) is 24.7 Å². The Morgan fingerprint density at radius 1 is 1.30 bits per heavy atom. The van der Waals surface area contributed by atoms with E-state index in [4.69, 9.17) is 4.74 Å². The molecule has 0 heterocycles. The molecule has 1 rings (SSSR count). The molecule has 0 aromatic heterocycles. The van der Waals surface area contributed by atoms with Crippen molar-refractivity contribution in [3.05, 3.63) is 33.9 Å². The fourth-order valence-electron chi connectivity index (χ4n) is 2.01. The summed E-state index contributed by atoms with van der Waals surface area (Å²) < 4.78 is 5.19. The van der Waals surface area contributed by atoms with E-state index in [-0.39, 0.29) is 36.1 Å². The number of rotatable bonds is 8. The maximum absolute atomic E-state index is 12.4. The number of nitrogens with one attached hydrogen (secondary N) is 1. The number of hydrogen-bond donors (Lipinski definition) is 1. The van der Waals surface area contributed by atoms with E-state index in [1.165, 1.54) is 23.1 Å². The molecule has 0 aliphatic rings. The second-order valence-electron chi connectivity index (χ2n) is 4.65. The minimum Gasteiger partial charge on any atom is -0.487 e. The van der Waals surface area contributed by atoms with Gasteiger partial charge in [0.05, 0.1) is 18.1 Å². The first-order valence-corrected chi connectivity index (χ1v) is 7.41. The quantitative estimate of drug-likeness (QED) is 0.578. The molecule has 0 bridgehead atoms. The van der Waals surface area contributed by atoms with E-state index < -0.39 is 10.8 Å². The highest BCUT2D eigenvalue weighted by atomic mass is 16.6. The molecule has 0 fully saturated rings. The predicted molar refractivity (Wildman–Crippen MR) is 84.5 cm³/mol. The predicted octanol–water partition coefficient (Wildman–Crippen LogP) is 1.59. The number of ether oxygens (including phenoxy) is 1. The molecule has 0 saturated carbocycles. The van der Waals surface area contributed by atoms with Crippen LogP contribution in [0.3, 0.4) is 0 Å². The van der Waals surface area contributed by atoms with Crippen molar-refractivity contribution in [1.82, 2.24) is 10.2 Å². The lowest BCUT2D eigenvalue weighted by Gasteiger charge is -2.20. The van der Waals surface area contributed by atoms with Gasteiger partial charge in [0.1, 0.15) is 0 Å².